The van der Waals surface area contributed by atoms with Gasteiger partial charge in [0.25, 0.3) is 5.91 Å². The van der Waals surface area contributed by atoms with Crippen LogP contribution in [0.3, 0.4) is 0 Å². The van der Waals surface area contributed by atoms with Gasteiger partial charge in [0, 0.05) is 57.2 Å². The highest BCUT2D eigenvalue weighted by Crippen LogP contribution is 2.35. The zero-order chi connectivity index (χ0) is 19.7. The lowest BCUT2D eigenvalue weighted by Crippen LogP contribution is -2.50. The molecule has 154 valence electrons. The van der Waals surface area contributed by atoms with Crippen molar-refractivity contribution in [1.82, 2.24) is 24.1 Å². The first-order valence-electron chi connectivity index (χ1n) is 9.66. The molecule has 1 unspecified atom stereocenters. The van der Waals surface area contributed by atoms with Gasteiger partial charge in [-0.05, 0) is 6.92 Å². The number of carbonyl (C=O) groups is 1. The van der Waals surface area contributed by atoms with Crippen molar-refractivity contribution in [3.63, 3.8) is 0 Å². The van der Waals surface area contributed by atoms with Crippen molar-refractivity contribution in [2.75, 3.05) is 52.5 Å². The summed E-state index contributed by atoms with van der Waals surface area (Å²) < 4.78 is 7.15. The van der Waals surface area contributed by atoms with Crippen LogP contribution in [-0.2, 0) is 22.6 Å². The molecule has 0 saturated carbocycles. The van der Waals surface area contributed by atoms with Gasteiger partial charge in [0.2, 0.25) is 0 Å². The Hall–Kier alpha value is -1.39. The summed E-state index contributed by atoms with van der Waals surface area (Å²) in [6, 6.07) is 0. The number of halogens is 1. The third-order valence-corrected chi connectivity index (χ3v) is 6.61. The summed E-state index contributed by atoms with van der Waals surface area (Å²) in [7, 11) is 0. The monoisotopic (exact) mass is 427 g/mol. The minimum atomic E-state index is -0.930. The molecule has 0 aromatic carbocycles. The second-order valence-corrected chi connectivity index (χ2v) is 8.85. The third-order valence-electron chi connectivity index (χ3n) is 5.29. The predicted octanol–water partition coefficient (Wildman–Crippen LogP) is 0.768. The fraction of sp³-hybridized carbons (Fsp3) is 0.667. The number of hydrogen-bond acceptors (Lipinski definition) is 8. The van der Waals surface area contributed by atoms with E-state index in [0.29, 0.717) is 19.6 Å². The van der Waals surface area contributed by atoms with Crippen LogP contribution in [0.15, 0.2) is 6.20 Å². The number of hydrogen-bond donors (Lipinski definition) is 1. The van der Waals surface area contributed by atoms with E-state index in [-0.39, 0.29) is 5.91 Å². The molecule has 0 bridgehead atoms. The Morgan fingerprint density at radius 3 is 2.68 bits per heavy atom. The Kier molecular flexibility index (Phi) is 6.07. The quantitative estimate of drug-likeness (QED) is 0.711. The van der Waals surface area contributed by atoms with Crippen LogP contribution in [0.5, 0.6) is 0 Å². The van der Waals surface area contributed by atoms with E-state index in [4.69, 9.17) is 21.5 Å². The Morgan fingerprint density at radius 1 is 1.29 bits per heavy atom. The van der Waals surface area contributed by atoms with Crippen LogP contribution >= 0.6 is 23.1 Å². The maximum atomic E-state index is 11.9. The molecule has 2 saturated heterocycles. The van der Waals surface area contributed by atoms with E-state index in [2.05, 4.69) is 9.80 Å². The summed E-state index contributed by atoms with van der Waals surface area (Å²) >= 11 is 8.06. The molecular formula is C18H26ClN5O3S. The average Bonchev–Trinajstić information content (AvgIpc) is 3.10. The summed E-state index contributed by atoms with van der Waals surface area (Å²) in [6.45, 7) is 8.95. The molecule has 28 heavy (non-hydrogen) atoms. The average molecular weight is 428 g/mol. The van der Waals surface area contributed by atoms with E-state index >= 15 is 0 Å². The lowest BCUT2D eigenvalue weighted by molar-refractivity contribution is -0.141. The number of aromatic nitrogens is 1. The zero-order valence-corrected chi connectivity index (χ0v) is 17.6. The van der Waals surface area contributed by atoms with Crippen molar-refractivity contribution in [1.29, 1.82) is 0 Å². The van der Waals surface area contributed by atoms with Crippen LogP contribution in [0.4, 0.5) is 0 Å². The first kappa shape index (κ1) is 19.9. The van der Waals surface area contributed by atoms with Crippen LogP contribution in [0.1, 0.15) is 22.5 Å². The number of thiazole rings is 1. The fourth-order valence-corrected chi connectivity index (χ4v) is 5.13. The molecule has 0 spiro atoms. The molecule has 10 heteroatoms. The van der Waals surface area contributed by atoms with Gasteiger partial charge < -0.3 is 19.6 Å². The fourth-order valence-electron chi connectivity index (χ4n) is 3.77. The molecule has 2 fully saturated rings. The Morgan fingerprint density at radius 2 is 2.00 bits per heavy atom. The highest BCUT2D eigenvalue weighted by molar-refractivity contribution is 7.12. The van der Waals surface area contributed by atoms with Gasteiger partial charge in [0.1, 0.15) is 11.1 Å². The van der Waals surface area contributed by atoms with Crippen molar-refractivity contribution >= 4 is 34.7 Å². The number of rotatable bonds is 4. The SMILES string of the molecule is CC(O)C(=O)N1CCN(Cc2nc3c(s2)C(N2CCOCC2)=CN(Cl)C3)CC1. The molecule has 1 aromatic rings. The van der Waals surface area contributed by atoms with Crippen molar-refractivity contribution in [2.24, 2.45) is 0 Å². The molecule has 1 aromatic heterocycles. The number of ether oxygens (including phenoxy) is 1. The Bertz CT molecular complexity index is 742. The number of fused-ring (bicyclic) bond motifs is 1. The second kappa shape index (κ2) is 8.54. The molecule has 8 nitrogen and oxygen atoms in total. The molecule has 4 rings (SSSR count). The number of amides is 1. The van der Waals surface area contributed by atoms with E-state index in [1.54, 1.807) is 20.7 Å². The van der Waals surface area contributed by atoms with Gasteiger partial charge in [-0.1, -0.05) is 0 Å². The minimum absolute atomic E-state index is 0.188. The van der Waals surface area contributed by atoms with Gasteiger partial charge in [-0.15, -0.1) is 11.3 Å². The molecule has 0 aliphatic carbocycles. The van der Waals surface area contributed by atoms with E-state index < -0.39 is 6.10 Å². The van der Waals surface area contributed by atoms with Crippen molar-refractivity contribution in [3.05, 3.63) is 21.8 Å². The summed E-state index contributed by atoms with van der Waals surface area (Å²) in [5.41, 5.74) is 2.16. The lowest BCUT2D eigenvalue weighted by atomic mass is 10.2. The molecular weight excluding hydrogens is 402 g/mol. The van der Waals surface area contributed by atoms with Crippen LogP contribution in [-0.4, -0.2) is 93.7 Å². The molecule has 0 radical (unpaired) electrons. The summed E-state index contributed by atoms with van der Waals surface area (Å²) in [5.74, 6) is -0.188. The number of carbonyl (C=O) groups excluding carboxylic acids is 1. The van der Waals surface area contributed by atoms with E-state index in [1.165, 1.54) is 11.8 Å². The number of piperazine rings is 1. The van der Waals surface area contributed by atoms with Gasteiger partial charge in [-0.25, -0.2) is 4.98 Å². The Labute approximate surface area is 174 Å². The standard InChI is InChI=1S/C18H26ClN5O3S/c1-13(25)18(26)23-4-2-21(3-5-23)12-16-20-14-10-24(19)11-15(17(14)28-16)22-6-8-27-9-7-22/h11,13,25H,2-10,12H2,1H3. The molecule has 4 heterocycles. The predicted molar refractivity (Wildman–Crippen MR) is 107 cm³/mol. The molecule has 1 N–H and O–H groups in total. The largest absolute Gasteiger partial charge is 0.384 e. The maximum Gasteiger partial charge on any atom is 0.251 e. The molecule has 3 aliphatic heterocycles. The first-order chi connectivity index (χ1) is 13.5. The normalized spacial score (nSPS) is 22.1. The summed E-state index contributed by atoms with van der Waals surface area (Å²) in [4.78, 5) is 24.3. The van der Waals surface area contributed by atoms with Gasteiger partial charge >= 0.3 is 0 Å². The van der Waals surface area contributed by atoms with Gasteiger partial charge in [0.15, 0.2) is 0 Å². The highest BCUT2D eigenvalue weighted by atomic mass is 35.5. The van der Waals surface area contributed by atoms with E-state index in [1.807, 2.05) is 6.20 Å². The van der Waals surface area contributed by atoms with Gasteiger partial charge in [0.05, 0.1) is 42.6 Å². The number of nitrogens with zero attached hydrogens (tertiary/aromatic N) is 5. The zero-order valence-electron chi connectivity index (χ0n) is 16.0. The summed E-state index contributed by atoms with van der Waals surface area (Å²) in [6.07, 6.45) is 1.07. The molecule has 1 atom stereocenters. The summed E-state index contributed by atoms with van der Waals surface area (Å²) in [5, 5.41) is 10.6. The number of aliphatic hydroxyl groups is 1. The molecule has 1 amide bonds. The minimum Gasteiger partial charge on any atom is -0.384 e. The van der Waals surface area contributed by atoms with E-state index in [0.717, 1.165) is 62.3 Å². The van der Waals surface area contributed by atoms with Crippen LogP contribution in [0, 0.1) is 0 Å². The molecule has 3 aliphatic rings. The Balaban J connectivity index is 1.41. The van der Waals surface area contributed by atoms with Crippen LogP contribution < -0.4 is 0 Å². The topological polar surface area (TPSA) is 72.4 Å². The van der Waals surface area contributed by atoms with Crippen molar-refractivity contribution in [2.45, 2.75) is 26.1 Å². The smallest absolute Gasteiger partial charge is 0.251 e. The van der Waals surface area contributed by atoms with Crippen LogP contribution in [0.25, 0.3) is 5.70 Å². The van der Waals surface area contributed by atoms with Gasteiger partial charge in [-0.3, -0.25) is 14.1 Å². The number of morpholine rings is 1. The van der Waals surface area contributed by atoms with E-state index in [9.17, 15) is 9.90 Å². The highest BCUT2D eigenvalue weighted by Gasteiger charge is 2.28. The first-order valence-corrected chi connectivity index (χ1v) is 10.8. The van der Waals surface area contributed by atoms with Crippen LogP contribution in [0.2, 0.25) is 0 Å². The second-order valence-electron chi connectivity index (χ2n) is 7.33. The van der Waals surface area contributed by atoms with Gasteiger partial charge in [-0.2, -0.15) is 0 Å². The van der Waals surface area contributed by atoms with Crippen molar-refractivity contribution in [3.8, 4) is 0 Å². The van der Waals surface area contributed by atoms with Crippen molar-refractivity contribution < 1.29 is 14.6 Å². The third kappa shape index (κ3) is 4.28. The maximum absolute atomic E-state index is 11.9. The lowest BCUT2D eigenvalue weighted by Gasteiger charge is -2.34. The number of aliphatic hydroxyl groups excluding tert-OH is 1.